The lowest BCUT2D eigenvalue weighted by Gasteiger charge is -2.10. The van der Waals surface area contributed by atoms with Gasteiger partial charge >= 0.3 is 5.97 Å². The van der Waals surface area contributed by atoms with E-state index in [-0.39, 0.29) is 30.4 Å². The smallest absolute Gasteiger partial charge is 0.345 e. The SMILES string of the molecule is CCCOC(=O)C(C(N)=NCCCO)=C(O)CCC. The van der Waals surface area contributed by atoms with Crippen LogP contribution < -0.4 is 5.73 Å². The highest BCUT2D eigenvalue weighted by molar-refractivity contribution is 6.18. The Morgan fingerprint density at radius 2 is 2.00 bits per heavy atom. The first-order valence-corrected chi connectivity index (χ1v) is 6.58. The van der Waals surface area contributed by atoms with Gasteiger partial charge in [-0.25, -0.2) is 4.79 Å². The van der Waals surface area contributed by atoms with Crippen molar-refractivity contribution in [2.45, 2.75) is 39.5 Å². The second kappa shape index (κ2) is 10.4. The van der Waals surface area contributed by atoms with E-state index in [0.29, 0.717) is 32.2 Å². The van der Waals surface area contributed by atoms with Gasteiger partial charge in [0.15, 0.2) is 0 Å². The minimum Gasteiger partial charge on any atom is -0.511 e. The molecule has 0 rings (SSSR count). The largest absolute Gasteiger partial charge is 0.511 e. The van der Waals surface area contributed by atoms with Crippen molar-refractivity contribution in [3.8, 4) is 0 Å². The van der Waals surface area contributed by atoms with Crippen LogP contribution in [0.3, 0.4) is 0 Å². The lowest BCUT2D eigenvalue weighted by atomic mass is 10.1. The summed E-state index contributed by atoms with van der Waals surface area (Å²) in [5, 5.41) is 18.5. The number of nitrogens with two attached hydrogens (primary N) is 1. The number of aliphatic hydroxyl groups excluding tert-OH is 2. The van der Waals surface area contributed by atoms with Crippen LogP contribution in [0.15, 0.2) is 16.3 Å². The summed E-state index contributed by atoms with van der Waals surface area (Å²) in [6.45, 7) is 4.32. The molecule has 0 saturated carbocycles. The number of allylic oxidation sites excluding steroid dienone is 1. The standard InChI is InChI=1S/C13H24N2O4/c1-3-6-10(17)11(13(18)19-9-4-2)12(14)15-7-5-8-16/h16-17H,3-9H2,1-2H3,(H2,14,15). The maximum absolute atomic E-state index is 11.8. The number of carbonyl (C=O) groups is 1. The molecule has 0 amide bonds. The van der Waals surface area contributed by atoms with E-state index in [1.807, 2.05) is 13.8 Å². The van der Waals surface area contributed by atoms with Gasteiger partial charge in [-0.05, 0) is 19.3 Å². The second-order valence-corrected chi connectivity index (χ2v) is 4.05. The molecule has 6 heteroatoms. The molecule has 0 aromatic carbocycles. The number of rotatable bonds is 9. The zero-order valence-electron chi connectivity index (χ0n) is 11.7. The van der Waals surface area contributed by atoms with Crippen molar-refractivity contribution in [2.75, 3.05) is 19.8 Å². The number of aliphatic hydroxyl groups is 2. The van der Waals surface area contributed by atoms with Gasteiger partial charge in [0, 0.05) is 19.6 Å². The molecule has 0 atom stereocenters. The average molecular weight is 272 g/mol. The van der Waals surface area contributed by atoms with Gasteiger partial charge in [0.1, 0.15) is 17.2 Å². The molecule has 0 aliphatic carbocycles. The van der Waals surface area contributed by atoms with Gasteiger partial charge in [-0.15, -0.1) is 0 Å². The number of hydrogen-bond acceptors (Lipinski definition) is 5. The second-order valence-electron chi connectivity index (χ2n) is 4.05. The van der Waals surface area contributed by atoms with E-state index < -0.39 is 5.97 Å². The number of ether oxygens (including phenoxy) is 1. The zero-order chi connectivity index (χ0) is 14.7. The Morgan fingerprint density at radius 1 is 1.32 bits per heavy atom. The lowest BCUT2D eigenvalue weighted by molar-refractivity contribution is -0.138. The molecule has 0 fully saturated rings. The fourth-order valence-corrected chi connectivity index (χ4v) is 1.35. The molecule has 4 N–H and O–H groups in total. The molecule has 19 heavy (non-hydrogen) atoms. The Hall–Kier alpha value is -1.56. The predicted octanol–water partition coefficient (Wildman–Crippen LogP) is 1.29. The Labute approximate surface area is 114 Å². The van der Waals surface area contributed by atoms with Gasteiger partial charge in [-0.3, -0.25) is 4.99 Å². The molecular weight excluding hydrogens is 248 g/mol. The van der Waals surface area contributed by atoms with Crippen LogP contribution in [0, 0.1) is 0 Å². The highest BCUT2D eigenvalue weighted by Gasteiger charge is 2.20. The highest BCUT2D eigenvalue weighted by Crippen LogP contribution is 2.11. The van der Waals surface area contributed by atoms with Gasteiger partial charge in [-0.1, -0.05) is 13.8 Å². The van der Waals surface area contributed by atoms with E-state index in [4.69, 9.17) is 15.6 Å². The topological polar surface area (TPSA) is 105 Å². The summed E-state index contributed by atoms with van der Waals surface area (Å²) < 4.78 is 4.98. The zero-order valence-corrected chi connectivity index (χ0v) is 11.7. The summed E-state index contributed by atoms with van der Waals surface area (Å²) in [5.41, 5.74) is 5.65. The first kappa shape index (κ1) is 17.4. The van der Waals surface area contributed by atoms with E-state index in [9.17, 15) is 9.90 Å². The quantitative estimate of drug-likeness (QED) is 0.146. The van der Waals surface area contributed by atoms with Crippen LogP contribution in [-0.2, 0) is 9.53 Å². The molecule has 110 valence electrons. The van der Waals surface area contributed by atoms with Crippen LogP contribution in [0.5, 0.6) is 0 Å². The van der Waals surface area contributed by atoms with Crippen LogP contribution in [0.2, 0.25) is 0 Å². The van der Waals surface area contributed by atoms with E-state index in [1.54, 1.807) is 0 Å². The molecule has 0 spiro atoms. The Kier molecular flexibility index (Phi) is 9.52. The fraction of sp³-hybridized carbons (Fsp3) is 0.692. The van der Waals surface area contributed by atoms with Crippen molar-refractivity contribution in [2.24, 2.45) is 10.7 Å². The molecule has 0 saturated heterocycles. The van der Waals surface area contributed by atoms with Crippen LogP contribution in [0.4, 0.5) is 0 Å². The maximum atomic E-state index is 11.8. The van der Waals surface area contributed by atoms with Crippen molar-refractivity contribution in [3.05, 3.63) is 11.3 Å². The van der Waals surface area contributed by atoms with Gasteiger partial charge in [0.25, 0.3) is 0 Å². The van der Waals surface area contributed by atoms with E-state index in [1.165, 1.54) is 0 Å². The number of esters is 1. The van der Waals surface area contributed by atoms with Crippen molar-refractivity contribution in [1.29, 1.82) is 0 Å². The molecule has 0 aliphatic heterocycles. The van der Waals surface area contributed by atoms with Crippen molar-refractivity contribution < 1.29 is 19.7 Å². The normalized spacial score (nSPS) is 13.1. The van der Waals surface area contributed by atoms with Gasteiger partial charge in [0.05, 0.1) is 6.61 Å². The summed E-state index contributed by atoms with van der Waals surface area (Å²) in [5.74, 6) is -0.799. The summed E-state index contributed by atoms with van der Waals surface area (Å²) in [7, 11) is 0. The van der Waals surface area contributed by atoms with E-state index in [2.05, 4.69) is 4.99 Å². The third-order valence-electron chi connectivity index (χ3n) is 2.27. The number of hydrogen-bond donors (Lipinski definition) is 3. The van der Waals surface area contributed by atoms with E-state index >= 15 is 0 Å². The first-order valence-electron chi connectivity index (χ1n) is 6.58. The molecule has 0 heterocycles. The minimum absolute atomic E-state index is 0.00293. The molecule has 0 bridgehead atoms. The van der Waals surface area contributed by atoms with Crippen LogP contribution in [0.1, 0.15) is 39.5 Å². The molecule has 6 nitrogen and oxygen atoms in total. The number of aliphatic imine (C=N–C) groups is 1. The molecule has 0 aromatic rings. The predicted molar refractivity (Wildman–Crippen MR) is 74.0 cm³/mol. The monoisotopic (exact) mass is 272 g/mol. The summed E-state index contributed by atoms with van der Waals surface area (Å²) in [6.07, 6.45) is 2.16. The molecule has 0 aliphatic rings. The lowest BCUT2D eigenvalue weighted by Crippen LogP contribution is -2.25. The first-order chi connectivity index (χ1) is 9.08. The van der Waals surface area contributed by atoms with Crippen molar-refractivity contribution in [3.63, 3.8) is 0 Å². The van der Waals surface area contributed by atoms with Crippen LogP contribution in [0.25, 0.3) is 0 Å². The highest BCUT2D eigenvalue weighted by atomic mass is 16.5. The van der Waals surface area contributed by atoms with Crippen molar-refractivity contribution >= 4 is 11.8 Å². The van der Waals surface area contributed by atoms with Crippen LogP contribution >= 0.6 is 0 Å². The number of nitrogens with zero attached hydrogens (tertiary/aromatic N) is 1. The van der Waals surface area contributed by atoms with E-state index in [0.717, 1.165) is 0 Å². The maximum Gasteiger partial charge on any atom is 0.345 e. The molecule has 0 aromatic heterocycles. The third kappa shape index (κ3) is 6.81. The average Bonchev–Trinajstić information content (AvgIpc) is 2.37. The summed E-state index contributed by atoms with van der Waals surface area (Å²) in [4.78, 5) is 15.8. The Bertz CT molecular complexity index is 338. The third-order valence-corrected chi connectivity index (χ3v) is 2.27. The van der Waals surface area contributed by atoms with Gasteiger partial charge in [-0.2, -0.15) is 0 Å². The van der Waals surface area contributed by atoms with Crippen LogP contribution in [-0.4, -0.2) is 41.8 Å². The Morgan fingerprint density at radius 3 is 2.53 bits per heavy atom. The van der Waals surface area contributed by atoms with Crippen molar-refractivity contribution in [1.82, 2.24) is 0 Å². The summed E-state index contributed by atoms with van der Waals surface area (Å²) in [6, 6.07) is 0. The fourth-order valence-electron chi connectivity index (χ4n) is 1.35. The Balaban J connectivity index is 5.00. The van der Waals surface area contributed by atoms with Gasteiger partial charge < -0.3 is 20.7 Å². The molecule has 0 radical (unpaired) electrons. The van der Waals surface area contributed by atoms with Gasteiger partial charge in [0.2, 0.25) is 0 Å². The molecular formula is C13H24N2O4. The molecule has 0 unspecified atom stereocenters. The number of carbonyl (C=O) groups excluding carboxylic acids is 1. The minimum atomic E-state index is -0.655. The summed E-state index contributed by atoms with van der Waals surface area (Å²) >= 11 is 0. The number of amidine groups is 1.